The zero-order valence-electron chi connectivity index (χ0n) is 11.8. The summed E-state index contributed by atoms with van der Waals surface area (Å²) in [6.45, 7) is 4.02. The lowest BCUT2D eigenvalue weighted by atomic mass is 10.2. The highest BCUT2D eigenvalue weighted by Gasteiger charge is 2.22. The fourth-order valence-electron chi connectivity index (χ4n) is 2.25. The Kier molecular flexibility index (Phi) is 4.39. The number of nitrogens with zero attached hydrogens (tertiary/aromatic N) is 4. The molecule has 2 heterocycles. The predicted molar refractivity (Wildman–Crippen MR) is 75.4 cm³/mol. The van der Waals surface area contributed by atoms with Crippen LogP contribution in [0.4, 0.5) is 11.6 Å². The van der Waals surface area contributed by atoms with E-state index in [-0.39, 0.29) is 0 Å². The Morgan fingerprint density at radius 1 is 1.42 bits per heavy atom. The van der Waals surface area contributed by atoms with Gasteiger partial charge in [0.25, 0.3) is 0 Å². The molecule has 0 bridgehead atoms. The maximum absolute atomic E-state index is 5.76. The van der Waals surface area contributed by atoms with Crippen LogP contribution >= 0.6 is 0 Å². The number of rotatable bonds is 4. The van der Waals surface area contributed by atoms with E-state index in [9.17, 15) is 0 Å². The fourth-order valence-corrected chi connectivity index (χ4v) is 2.25. The van der Waals surface area contributed by atoms with Crippen LogP contribution in [0.3, 0.4) is 0 Å². The second-order valence-corrected chi connectivity index (χ2v) is 4.92. The molecule has 0 spiro atoms. The standard InChI is InChI=1S/C12H22N6O/c1-17-4-5-18(2)9(7-17)6-14-12-10(19-3)11(13)15-8-16-12/h8-9H,4-7H2,1-3H3,(H3,13,14,15,16). The first kappa shape index (κ1) is 13.8. The second kappa shape index (κ2) is 6.03. The van der Waals surface area contributed by atoms with Crippen LogP contribution in [0.5, 0.6) is 5.75 Å². The van der Waals surface area contributed by atoms with Gasteiger partial charge in [-0.25, -0.2) is 9.97 Å². The van der Waals surface area contributed by atoms with Crippen LogP contribution in [0, 0.1) is 0 Å². The molecule has 0 radical (unpaired) electrons. The first-order valence-electron chi connectivity index (χ1n) is 6.39. The summed E-state index contributed by atoms with van der Waals surface area (Å²) in [5, 5.41) is 3.30. The molecular formula is C12H22N6O. The minimum absolute atomic E-state index is 0.356. The molecule has 0 aromatic carbocycles. The summed E-state index contributed by atoms with van der Waals surface area (Å²) < 4.78 is 5.23. The van der Waals surface area contributed by atoms with Crippen molar-refractivity contribution in [3.05, 3.63) is 6.33 Å². The molecular weight excluding hydrogens is 244 g/mol. The lowest BCUT2D eigenvalue weighted by molar-refractivity contribution is 0.121. The number of aromatic nitrogens is 2. The van der Waals surface area contributed by atoms with Gasteiger partial charge < -0.3 is 20.7 Å². The van der Waals surface area contributed by atoms with Crippen molar-refractivity contribution in [3.63, 3.8) is 0 Å². The van der Waals surface area contributed by atoms with E-state index in [2.05, 4.69) is 39.2 Å². The van der Waals surface area contributed by atoms with Crippen molar-refractivity contribution in [1.29, 1.82) is 0 Å². The number of hydrogen-bond donors (Lipinski definition) is 2. The van der Waals surface area contributed by atoms with Gasteiger partial charge in [0, 0.05) is 32.2 Å². The van der Waals surface area contributed by atoms with E-state index in [1.54, 1.807) is 7.11 Å². The van der Waals surface area contributed by atoms with Crippen molar-refractivity contribution in [2.24, 2.45) is 0 Å². The third kappa shape index (κ3) is 3.24. The van der Waals surface area contributed by atoms with Gasteiger partial charge in [-0.15, -0.1) is 0 Å². The number of nitrogens with two attached hydrogens (primary N) is 1. The van der Waals surface area contributed by atoms with Gasteiger partial charge in [-0.2, -0.15) is 0 Å². The Hall–Kier alpha value is -1.60. The Labute approximate surface area is 113 Å². The highest BCUT2D eigenvalue weighted by molar-refractivity contribution is 5.61. The number of nitrogens with one attached hydrogen (secondary N) is 1. The van der Waals surface area contributed by atoms with E-state index in [1.165, 1.54) is 6.33 Å². The van der Waals surface area contributed by atoms with Crippen LogP contribution in [-0.2, 0) is 0 Å². The second-order valence-electron chi connectivity index (χ2n) is 4.92. The lowest BCUT2D eigenvalue weighted by Crippen LogP contribution is -2.52. The number of hydrogen-bond acceptors (Lipinski definition) is 7. The molecule has 7 heteroatoms. The van der Waals surface area contributed by atoms with E-state index in [0.29, 0.717) is 23.4 Å². The Bertz CT molecular complexity index is 427. The van der Waals surface area contributed by atoms with Crippen molar-refractivity contribution in [2.45, 2.75) is 6.04 Å². The van der Waals surface area contributed by atoms with Crippen LogP contribution < -0.4 is 15.8 Å². The first-order valence-corrected chi connectivity index (χ1v) is 6.39. The van der Waals surface area contributed by atoms with Crippen LogP contribution in [0.2, 0.25) is 0 Å². The molecule has 1 aliphatic heterocycles. The third-order valence-electron chi connectivity index (χ3n) is 3.52. The van der Waals surface area contributed by atoms with Crippen LogP contribution in [0.15, 0.2) is 6.33 Å². The number of methoxy groups -OCH3 is 1. The normalized spacial score (nSPS) is 21.3. The molecule has 1 aromatic heterocycles. The molecule has 1 aliphatic rings. The average Bonchev–Trinajstić information content (AvgIpc) is 2.40. The molecule has 19 heavy (non-hydrogen) atoms. The minimum Gasteiger partial charge on any atom is -0.490 e. The smallest absolute Gasteiger partial charge is 0.203 e. The molecule has 0 amide bonds. The topological polar surface area (TPSA) is 79.5 Å². The molecule has 1 saturated heterocycles. The molecule has 0 saturated carbocycles. The zero-order chi connectivity index (χ0) is 13.8. The quantitative estimate of drug-likeness (QED) is 0.776. The highest BCUT2D eigenvalue weighted by Crippen LogP contribution is 2.26. The van der Waals surface area contributed by atoms with Gasteiger partial charge in [-0.05, 0) is 14.1 Å². The molecule has 1 unspecified atom stereocenters. The Balaban J connectivity index is 2.00. The molecule has 0 aliphatic carbocycles. The monoisotopic (exact) mass is 266 g/mol. The van der Waals surface area contributed by atoms with E-state index in [0.717, 1.165) is 26.2 Å². The average molecular weight is 266 g/mol. The van der Waals surface area contributed by atoms with Crippen molar-refractivity contribution < 1.29 is 4.74 Å². The SMILES string of the molecule is COc1c(N)ncnc1NCC1CN(C)CCN1C. The van der Waals surface area contributed by atoms with Crippen LogP contribution in [-0.4, -0.2) is 73.2 Å². The van der Waals surface area contributed by atoms with E-state index >= 15 is 0 Å². The highest BCUT2D eigenvalue weighted by atomic mass is 16.5. The molecule has 3 N–H and O–H groups in total. The summed E-state index contributed by atoms with van der Waals surface area (Å²) in [5.41, 5.74) is 5.76. The largest absolute Gasteiger partial charge is 0.490 e. The number of likely N-dealkylation sites (N-methyl/N-ethyl adjacent to an activating group) is 2. The minimum atomic E-state index is 0.356. The maximum atomic E-state index is 5.76. The molecule has 2 rings (SSSR count). The van der Waals surface area contributed by atoms with Gasteiger partial charge in [0.15, 0.2) is 11.6 Å². The summed E-state index contributed by atoms with van der Waals surface area (Å²) >= 11 is 0. The summed E-state index contributed by atoms with van der Waals surface area (Å²) in [5.74, 6) is 1.51. The van der Waals surface area contributed by atoms with Crippen molar-refractivity contribution >= 4 is 11.6 Å². The van der Waals surface area contributed by atoms with E-state index in [1.807, 2.05) is 0 Å². The van der Waals surface area contributed by atoms with Gasteiger partial charge in [0.2, 0.25) is 5.75 Å². The Morgan fingerprint density at radius 3 is 2.95 bits per heavy atom. The maximum Gasteiger partial charge on any atom is 0.203 e. The number of ether oxygens (including phenoxy) is 1. The third-order valence-corrected chi connectivity index (χ3v) is 3.52. The number of nitrogen functional groups attached to an aromatic ring is 1. The van der Waals surface area contributed by atoms with E-state index < -0.39 is 0 Å². The summed E-state index contributed by atoms with van der Waals surface area (Å²) in [7, 11) is 5.86. The zero-order valence-corrected chi connectivity index (χ0v) is 11.8. The lowest BCUT2D eigenvalue weighted by Gasteiger charge is -2.37. The van der Waals surface area contributed by atoms with Crippen LogP contribution in [0.25, 0.3) is 0 Å². The van der Waals surface area contributed by atoms with Crippen molar-refractivity contribution in [1.82, 2.24) is 19.8 Å². The first-order chi connectivity index (χ1) is 9.11. The Morgan fingerprint density at radius 2 is 2.21 bits per heavy atom. The number of piperazine rings is 1. The summed E-state index contributed by atoms with van der Waals surface area (Å²) in [6.07, 6.45) is 1.44. The predicted octanol–water partition coefficient (Wildman–Crippen LogP) is -0.275. The van der Waals surface area contributed by atoms with Crippen LogP contribution in [0.1, 0.15) is 0 Å². The molecule has 1 aromatic rings. The summed E-state index contributed by atoms with van der Waals surface area (Å²) in [4.78, 5) is 12.8. The summed E-state index contributed by atoms with van der Waals surface area (Å²) in [6, 6.07) is 0.444. The molecule has 106 valence electrons. The molecule has 7 nitrogen and oxygen atoms in total. The van der Waals surface area contributed by atoms with E-state index in [4.69, 9.17) is 10.5 Å². The van der Waals surface area contributed by atoms with Gasteiger partial charge in [0.1, 0.15) is 6.33 Å². The number of anilines is 2. The van der Waals surface area contributed by atoms with Crippen molar-refractivity contribution in [3.8, 4) is 5.75 Å². The van der Waals surface area contributed by atoms with Gasteiger partial charge in [0.05, 0.1) is 7.11 Å². The van der Waals surface area contributed by atoms with Crippen molar-refractivity contribution in [2.75, 3.05) is 58.4 Å². The van der Waals surface area contributed by atoms with Gasteiger partial charge >= 0.3 is 0 Å². The molecule has 1 atom stereocenters. The van der Waals surface area contributed by atoms with Gasteiger partial charge in [-0.1, -0.05) is 0 Å². The molecule has 1 fully saturated rings. The fraction of sp³-hybridized carbons (Fsp3) is 0.667. The van der Waals surface area contributed by atoms with Gasteiger partial charge in [-0.3, -0.25) is 4.90 Å².